The summed E-state index contributed by atoms with van der Waals surface area (Å²) in [4.78, 5) is 13.1. The third-order valence-corrected chi connectivity index (χ3v) is 4.41. The number of hydrogen-bond acceptors (Lipinski definition) is 6. The highest BCUT2D eigenvalue weighted by Crippen LogP contribution is 2.23. The number of aromatic nitrogens is 1. The Labute approximate surface area is 149 Å². The molecule has 2 aromatic carbocycles. The van der Waals surface area contributed by atoms with Crippen LogP contribution in [0.5, 0.6) is 5.75 Å². The van der Waals surface area contributed by atoms with E-state index in [1.54, 1.807) is 19.2 Å². The molecule has 25 heavy (non-hydrogen) atoms. The molecule has 0 fully saturated rings. The van der Waals surface area contributed by atoms with E-state index in [2.05, 4.69) is 5.16 Å². The Kier molecular flexibility index (Phi) is 5.40. The van der Waals surface area contributed by atoms with Gasteiger partial charge in [-0.15, -0.1) is 11.8 Å². The highest BCUT2D eigenvalue weighted by molar-refractivity contribution is 7.98. The molecule has 0 radical (unpaired) electrons. The first-order chi connectivity index (χ1) is 12.2. The molecule has 0 aliphatic carbocycles. The summed E-state index contributed by atoms with van der Waals surface area (Å²) in [7, 11) is 1.62. The van der Waals surface area contributed by atoms with E-state index in [1.807, 2.05) is 48.7 Å². The van der Waals surface area contributed by atoms with Crippen LogP contribution < -0.4 is 4.74 Å². The Hall–Kier alpha value is -2.73. The van der Waals surface area contributed by atoms with Crippen LogP contribution >= 0.6 is 11.8 Å². The number of hydrogen-bond donors (Lipinski definition) is 0. The molecular formula is C19H17NO4S. The van der Waals surface area contributed by atoms with Gasteiger partial charge in [0.2, 0.25) is 0 Å². The smallest absolute Gasteiger partial charge is 0.339 e. The average Bonchev–Trinajstić information content (AvgIpc) is 3.15. The predicted octanol–water partition coefficient (Wildman–Crippen LogP) is 4.43. The van der Waals surface area contributed by atoms with E-state index in [1.165, 1.54) is 11.8 Å². The SMILES string of the molecule is COc1ccc(-c2cc(COC(=O)c3ccccc3SC)on2)cc1. The van der Waals surface area contributed by atoms with Crippen LogP contribution in [0, 0.1) is 0 Å². The molecule has 0 bridgehead atoms. The van der Waals surface area contributed by atoms with Gasteiger partial charge >= 0.3 is 5.97 Å². The van der Waals surface area contributed by atoms with Crippen LogP contribution in [0.15, 0.2) is 64.0 Å². The van der Waals surface area contributed by atoms with Crippen LogP contribution in [0.1, 0.15) is 16.1 Å². The number of carbonyl (C=O) groups excluding carboxylic acids is 1. The van der Waals surface area contributed by atoms with Crippen molar-refractivity contribution in [3.05, 3.63) is 65.9 Å². The van der Waals surface area contributed by atoms with E-state index in [0.29, 0.717) is 17.0 Å². The highest BCUT2D eigenvalue weighted by Gasteiger charge is 2.14. The van der Waals surface area contributed by atoms with Gasteiger partial charge in [-0.05, 0) is 42.7 Å². The number of carbonyl (C=O) groups is 1. The van der Waals surface area contributed by atoms with Crippen LogP contribution in [0.3, 0.4) is 0 Å². The normalized spacial score (nSPS) is 10.5. The number of benzene rings is 2. The fourth-order valence-electron chi connectivity index (χ4n) is 2.31. The van der Waals surface area contributed by atoms with Crippen LogP contribution in [-0.2, 0) is 11.3 Å². The summed E-state index contributed by atoms with van der Waals surface area (Å²) in [5.41, 5.74) is 2.12. The van der Waals surface area contributed by atoms with Gasteiger partial charge in [-0.1, -0.05) is 17.3 Å². The maximum atomic E-state index is 12.2. The number of ether oxygens (including phenoxy) is 2. The summed E-state index contributed by atoms with van der Waals surface area (Å²) >= 11 is 1.50. The van der Waals surface area contributed by atoms with Gasteiger partial charge in [-0.2, -0.15) is 0 Å². The third kappa shape index (κ3) is 4.03. The number of thioether (sulfide) groups is 1. The monoisotopic (exact) mass is 355 g/mol. The lowest BCUT2D eigenvalue weighted by molar-refractivity contribution is 0.0433. The molecule has 5 nitrogen and oxygen atoms in total. The fourth-order valence-corrected chi connectivity index (χ4v) is 2.89. The van der Waals surface area contributed by atoms with Crippen molar-refractivity contribution in [1.82, 2.24) is 5.16 Å². The van der Waals surface area contributed by atoms with Crippen molar-refractivity contribution in [2.24, 2.45) is 0 Å². The van der Waals surface area contributed by atoms with Gasteiger partial charge in [0.15, 0.2) is 12.4 Å². The molecule has 128 valence electrons. The summed E-state index contributed by atoms with van der Waals surface area (Å²) in [5, 5.41) is 4.02. The van der Waals surface area contributed by atoms with E-state index < -0.39 is 0 Å². The molecule has 0 spiro atoms. The van der Waals surface area contributed by atoms with Gasteiger partial charge in [0, 0.05) is 16.5 Å². The molecule has 1 heterocycles. The first-order valence-corrected chi connectivity index (χ1v) is 8.84. The third-order valence-electron chi connectivity index (χ3n) is 3.62. The van der Waals surface area contributed by atoms with Crippen LogP contribution in [0.4, 0.5) is 0 Å². The molecule has 0 amide bonds. The second-order valence-electron chi connectivity index (χ2n) is 5.18. The summed E-state index contributed by atoms with van der Waals surface area (Å²) in [6.07, 6.45) is 1.92. The van der Waals surface area contributed by atoms with E-state index in [0.717, 1.165) is 16.2 Å². The minimum Gasteiger partial charge on any atom is -0.497 e. The molecule has 0 aliphatic rings. The molecule has 0 unspecified atom stereocenters. The quantitative estimate of drug-likeness (QED) is 0.481. The number of methoxy groups -OCH3 is 1. The Bertz CT molecular complexity index is 858. The zero-order valence-electron chi connectivity index (χ0n) is 13.9. The van der Waals surface area contributed by atoms with E-state index in [4.69, 9.17) is 14.0 Å². The lowest BCUT2D eigenvalue weighted by Gasteiger charge is -2.06. The Morgan fingerprint density at radius 3 is 2.64 bits per heavy atom. The summed E-state index contributed by atoms with van der Waals surface area (Å²) in [5.74, 6) is 0.877. The van der Waals surface area contributed by atoms with Crippen molar-refractivity contribution in [2.45, 2.75) is 11.5 Å². The molecule has 0 atom stereocenters. The average molecular weight is 355 g/mol. The molecule has 3 aromatic rings. The van der Waals surface area contributed by atoms with Crippen molar-refractivity contribution < 1.29 is 18.8 Å². The van der Waals surface area contributed by atoms with Gasteiger partial charge in [-0.25, -0.2) is 4.79 Å². The highest BCUT2D eigenvalue weighted by atomic mass is 32.2. The predicted molar refractivity (Wildman–Crippen MR) is 95.8 cm³/mol. The minimum absolute atomic E-state index is 0.0324. The second-order valence-corrected chi connectivity index (χ2v) is 6.03. The first kappa shape index (κ1) is 17.1. The molecule has 0 saturated carbocycles. The fraction of sp³-hybridized carbons (Fsp3) is 0.158. The zero-order valence-corrected chi connectivity index (χ0v) is 14.7. The molecule has 6 heteroatoms. The lowest BCUT2D eigenvalue weighted by atomic mass is 10.1. The van der Waals surface area contributed by atoms with E-state index in [9.17, 15) is 4.79 Å². The van der Waals surface area contributed by atoms with Gasteiger partial charge < -0.3 is 14.0 Å². The number of rotatable bonds is 6. The summed E-state index contributed by atoms with van der Waals surface area (Å²) in [6.45, 7) is 0.0324. The minimum atomic E-state index is -0.382. The Morgan fingerprint density at radius 1 is 1.16 bits per heavy atom. The molecule has 0 aliphatic heterocycles. The maximum Gasteiger partial charge on any atom is 0.339 e. The van der Waals surface area contributed by atoms with E-state index in [-0.39, 0.29) is 12.6 Å². The number of nitrogens with zero attached hydrogens (tertiary/aromatic N) is 1. The standard InChI is InChI=1S/C19H17NO4S/c1-22-14-9-7-13(8-10-14)17-11-15(24-20-17)12-23-19(21)16-5-3-4-6-18(16)25-2/h3-11H,12H2,1-2H3. The molecule has 1 aromatic heterocycles. The molecule has 3 rings (SSSR count). The molecular weight excluding hydrogens is 338 g/mol. The van der Waals surface area contributed by atoms with Crippen molar-refractivity contribution in [3.8, 4) is 17.0 Å². The van der Waals surface area contributed by atoms with Crippen LogP contribution in [0.2, 0.25) is 0 Å². The van der Waals surface area contributed by atoms with Gasteiger partial charge in [0.25, 0.3) is 0 Å². The van der Waals surface area contributed by atoms with Crippen molar-refractivity contribution >= 4 is 17.7 Å². The first-order valence-electron chi connectivity index (χ1n) is 7.61. The second kappa shape index (κ2) is 7.90. The van der Waals surface area contributed by atoms with E-state index >= 15 is 0 Å². The molecule has 0 saturated heterocycles. The zero-order chi connectivity index (χ0) is 17.6. The summed E-state index contributed by atoms with van der Waals surface area (Å²) in [6, 6.07) is 16.6. The van der Waals surface area contributed by atoms with Crippen LogP contribution in [-0.4, -0.2) is 24.5 Å². The topological polar surface area (TPSA) is 61.6 Å². The van der Waals surface area contributed by atoms with Gasteiger partial charge in [-0.3, -0.25) is 0 Å². The number of esters is 1. The maximum absolute atomic E-state index is 12.2. The molecule has 0 N–H and O–H groups in total. The van der Waals surface area contributed by atoms with Crippen molar-refractivity contribution in [2.75, 3.05) is 13.4 Å². The Balaban J connectivity index is 1.66. The van der Waals surface area contributed by atoms with Crippen molar-refractivity contribution in [3.63, 3.8) is 0 Å². The van der Waals surface area contributed by atoms with Crippen molar-refractivity contribution in [1.29, 1.82) is 0 Å². The largest absolute Gasteiger partial charge is 0.497 e. The van der Waals surface area contributed by atoms with Gasteiger partial charge in [0.05, 0.1) is 12.7 Å². The van der Waals surface area contributed by atoms with Crippen LogP contribution in [0.25, 0.3) is 11.3 Å². The lowest BCUT2D eigenvalue weighted by Crippen LogP contribution is -2.06. The van der Waals surface area contributed by atoms with Gasteiger partial charge in [0.1, 0.15) is 11.4 Å². The summed E-state index contributed by atoms with van der Waals surface area (Å²) < 4.78 is 15.7. The Morgan fingerprint density at radius 2 is 1.92 bits per heavy atom.